The van der Waals surface area contributed by atoms with Crippen LogP contribution < -0.4 is 0 Å². The van der Waals surface area contributed by atoms with Crippen molar-refractivity contribution >= 4 is 17.2 Å². The number of halogens is 3. The summed E-state index contributed by atoms with van der Waals surface area (Å²) in [5.74, 6) is -0.418. The van der Waals surface area contributed by atoms with Crippen LogP contribution in [0.3, 0.4) is 0 Å². The van der Waals surface area contributed by atoms with E-state index in [9.17, 15) is 18.0 Å². The van der Waals surface area contributed by atoms with E-state index in [1.54, 1.807) is 28.4 Å². The fourth-order valence-electron chi connectivity index (χ4n) is 4.12. The van der Waals surface area contributed by atoms with E-state index in [1.807, 2.05) is 12.1 Å². The molecule has 160 valence electrons. The molecule has 1 amide bonds. The summed E-state index contributed by atoms with van der Waals surface area (Å²) in [5.41, 5.74) is 1.65. The first-order valence-electron chi connectivity index (χ1n) is 9.96. The Morgan fingerprint density at radius 3 is 2.74 bits per heavy atom. The largest absolute Gasteiger partial charge is 0.417 e. The third kappa shape index (κ3) is 4.02. The Kier molecular flexibility index (Phi) is 5.71. The number of hydrogen-bond acceptors (Lipinski definition) is 3. The van der Waals surface area contributed by atoms with Crippen LogP contribution in [0.2, 0.25) is 0 Å². The molecule has 1 aliphatic rings. The summed E-state index contributed by atoms with van der Waals surface area (Å²) in [7, 11) is 0. The quantitative estimate of drug-likeness (QED) is 0.461. The molecule has 0 fully saturated rings. The molecule has 0 spiro atoms. The lowest BCUT2D eigenvalue weighted by Crippen LogP contribution is -2.37. The molecule has 1 aliphatic heterocycles. The highest BCUT2D eigenvalue weighted by Crippen LogP contribution is 2.44. The zero-order valence-electron chi connectivity index (χ0n) is 16.9. The van der Waals surface area contributed by atoms with Gasteiger partial charge >= 0.3 is 6.18 Å². The zero-order valence-corrected chi connectivity index (χ0v) is 17.8. The Bertz CT molecular complexity index is 1140. The minimum absolute atomic E-state index is 0.0465. The molecule has 0 bridgehead atoms. The molecule has 4 rings (SSSR count). The van der Waals surface area contributed by atoms with Crippen molar-refractivity contribution in [2.75, 3.05) is 6.54 Å². The van der Waals surface area contributed by atoms with Gasteiger partial charge in [0.2, 0.25) is 5.91 Å². The summed E-state index contributed by atoms with van der Waals surface area (Å²) >= 11 is 1.65. The third-order valence-corrected chi connectivity index (χ3v) is 6.87. The average Bonchev–Trinajstić information content (AvgIpc) is 3.20. The topological polar surface area (TPSA) is 33.2 Å². The highest BCUT2D eigenvalue weighted by atomic mass is 32.1. The van der Waals surface area contributed by atoms with Crippen LogP contribution in [0.15, 0.2) is 61.4 Å². The smallest absolute Gasteiger partial charge is 0.333 e. The van der Waals surface area contributed by atoms with E-state index in [0.717, 1.165) is 34.7 Å². The van der Waals surface area contributed by atoms with Crippen LogP contribution in [0.4, 0.5) is 13.2 Å². The summed E-state index contributed by atoms with van der Waals surface area (Å²) in [6, 6.07) is 10.2. The fourth-order valence-corrected chi connectivity index (χ4v) is 5.30. The maximum atomic E-state index is 13.7. The number of alkyl halides is 3. The highest BCUT2D eigenvalue weighted by Gasteiger charge is 2.36. The standard InChI is InChI=1S/C24H21F3N2OS/c1-3-15-11-18-20(13-29(23(30)4-2)14-22(18)31-15)17-8-6-5-7-16(17)19-12-28-10-9-21(19)24(25,26)27/h4-12,20H,2-3,13-14H2,1H3. The van der Waals surface area contributed by atoms with E-state index in [4.69, 9.17) is 0 Å². The van der Waals surface area contributed by atoms with Crippen molar-refractivity contribution in [1.29, 1.82) is 0 Å². The molecular weight excluding hydrogens is 421 g/mol. The van der Waals surface area contributed by atoms with Gasteiger partial charge in [-0.05, 0) is 41.3 Å². The molecule has 2 aromatic heterocycles. The van der Waals surface area contributed by atoms with Crippen LogP contribution in [-0.4, -0.2) is 22.3 Å². The molecule has 1 atom stereocenters. The maximum absolute atomic E-state index is 13.7. The van der Waals surface area contributed by atoms with E-state index in [-0.39, 0.29) is 17.4 Å². The van der Waals surface area contributed by atoms with Gasteiger partial charge in [0, 0.05) is 40.2 Å². The monoisotopic (exact) mass is 442 g/mol. The lowest BCUT2D eigenvalue weighted by molar-refractivity contribution is -0.137. The van der Waals surface area contributed by atoms with Crippen LogP contribution in [0, 0.1) is 0 Å². The number of benzene rings is 1. The molecule has 3 aromatic rings. The molecule has 1 unspecified atom stereocenters. The van der Waals surface area contributed by atoms with Gasteiger partial charge in [-0.2, -0.15) is 13.2 Å². The number of hydrogen-bond donors (Lipinski definition) is 0. The number of aryl methyl sites for hydroxylation is 1. The summed E-state index contributed by atoms with van der Waals surface area (Å²) < 4.78 is 41.2. The molecule has 0 radical (unpaired) electrons. The lowest BCUT2D eigenvalue weighted by atomic mass is 9.83. The maximum Gasteiger partial charge on any atom is 0.417 e. The average molecular weight is 443 g/mol. The highest BCUT2D eigenvalue weighted by molar-refractivity contribution is 7.12. The van der Waals surface area contributed by atoms with Crippen molar-refractivity contribution in [3.63, 3.8) is 0 Å². The molecule has 0 N–H and O–H groups in total. The lowest BCUT2D eigenvalue weighted by Gasteiger charge is -2.33. The van der Waals surface area contributed by atoms with Crippen LogP contribution in [0.1, 0.15) is 39.3 Å². The summed E-state index contributed by atoms with van der Waals surface area (Å²) in [6.45, 7) is 6.54. The predicted octanol–water partition coefficient (Wildman–Crippen LogP) is 6.05. The number of rotatable bonds is 4. The van der Waals surface area contributed by atoms with E-state index >= 15 is 0 Å². The molecule has 0 aliphatic carbocycles. The molecule has 3 heterocycles. The van der Waals surface area contributed by atoms with Crippen LogP contribution in [0.25, 0.3) is 11.1 Å². The number of aromatic nitrogens is 1. The van der Waals surface area contributed by atoms with Gasteiger partial charge in [-0.1, -0.05) is 37.8 Å². The van der Waals surface area contributed by atoms with E-state index in [0.29, 0.717) is 18.7 Å². The zero-order chi connectivity index (χ0) is 22.2. The Morgan fingerprint density at radius 1 is 1.26 bits per heavy atom. The summed E-state index contributed by atoms with van der Waals surface area (Å²) in [6.07, 6.45) is 0.0762. The van der Waals surface area contributed by atoms with E-state index in [2.05, 4.69) is 24.6 Å². The van der Waals surface area contributed by atoms with Crippen LogP contribution >= 0.6 is 11.3 Å². The number of carbonyl (C=O) groups excluding carboxylic acids is 1. The second-order valence-electron chi connectivity index (χ2n) is 7.43. The molecule has 0 saturated carbocycles. The van der Waals surface area contributed by atoms with Gasteiger partial charge in [0.25, 0.3) is 0 Å². The molecule has 0 saturated heterocycles. The van der Waals surface area contributed by atoms with Gasteiger partial charge < -0.3 is 4.90 Å². The Hall–Kier alpha value is -2.93. The first-order chi connectivity index (χ1) is 14.8. The summed E-state index contributed by atoms with van der Waals surface area (Å²) in [5, 5.41) is 0. The first-order valence-corrected chi connectivity index (χ1v) is 10.8. The minimum atomic E-state index is -4.49. The van der Waals surface area contributed by atoms with Crippen LogP contribution in [0.5, 0.6) is 0 Å². The first kappa shape index (κ1) is 21.3. The molecule has 1 aromatic carbocycles. The van der Waals surface area contributed by atoms with Crippen molar-refractivity contribution in [2.45, 2.75) is 32.0 Å². The van der Waals surface area contributed by atoms with E-state index in [1.165, 1.54) is 17.2 Å². The molecule has 31 heavy (non-hydrogen) atoms. The number of thiophene rings is 1. The SMILES string of the molecule is C=CC(=O)N1Cc2sc(CC)cc2C(c2ccccc2-c2cnccc2C(F)(F)F)C1. The Labute approximate surface area is 182 Å². The second-order valence-corrected chi connectivity index (χ2v) is 8.65. The molecule has 7 heteroatoms. The van der Waals surface area contributed by atoms with E-state index < -0.39 is 11.7 Å². The third-order valence-electron chi connectivity index (χ3n) is 5.59. The number of nitrogens with zero attached hydrogens (tertiary/aromatic N) is 2. The second kappa shape index (κ2) is 8.30. The number of carbonyl (C=O) groups is 1. The van der Waals surface area contributed by atoms with Gasteiger partial charge in [-0.15, -0.1) is 11.3 Å². The fraction of sp³-hybridized carbons (Fsp3) is 0.250. The minimum Gasteiger partial charge on any atom is -0.333 e. The van der Waals surface area contributed by atoms with Crippen molar-refractivity contribution < 1.29 is 18.0 Å². The number of amides is 1. The van der Waals surface area contributed by atoms with Crippen molar-refractivity contribution in [3.05, 3.63) is 87.9 Å². The van der Waals surface area contributed by atoms with Gasteiger partial charge in [-0.25, -0.2) is 0 Å². The van der Waals surface area contributed by atoms with Crippen molar-refractivity contribution in [3.8, 4) is 11.1 Å². The van der Waals surface area contributed by atoms with Gasteiger partial charge in [0.1, 0.15) is 0 Å². The Balaban J connectivity index is 1.89. The Morgan fingerprint density at radius 2 is 2.03 bits per heavy atom. The van der Waals surface area contributed by atoms with Crippen molar-refractivity contribution in [1.82, 2.24) is 9.88 Å². The predicted molar refractivity (Wildman–Crippen MR) is 116 cm³/mol. The number of fused-ring (bicyclic) bond motifs is 1. The number of pyridine rings is 1. The molecule has 3 nitrogen and oxygen atoms in total. The van der Waals surface area contributed by atoms with Gasteiger partial charge in [0.15, 0.2) is 0 Å². The van der Waals surface area contributed by atoms with Crippen LogP contribution in [-0.2, 0) is 23.9 Å². The normalized spacial score (nSPS) is 16.1. The molecular formula is C24H21F3N2OS. The van der Waals surface area contributed by atoms with Gasteiger partial charge in [-0.3, -0.25) is 9.78 Å². The van der Waals surface area contributed by atoms with Gasteiger partial charge in [0.05, 0.1) is 12.1 Å². The van der Waals surface area contributed by atoms with Crippen molar-refractivity contribution in [2.24, 2.45) is 0 Å². The summed E-state index contributed by atoms with van der Waals surface area (Å²) in [4.78, 5) is 20.4.